The highest BCUT2D eigenvalue weighted by Gasteiger charge is 2.42. The number of nitrogens with one attached hydrogen (secondary N) is 1. The number of ether oxygens (including phenoxy) is 3. The number of aromatic nitrogens is 6. The molecule has 0 atom stereocenters. The van der Waals surface area contributed by atoms with Crippen molar-refractivity contribution in [3.05, 3.63) is 126 Å². The minimum Gasteiger partial charge on any atom is -0.497 e. The highest BCUT2D eigenvalue weighted by molar-refractivity contribution is 7.94. The van der Waals surface area contributed by atoms with Crippen LogP contribution >= 0.6 is 0 Å². The number of sulfonamides is 1. The average Bonchev–Trinajstić information content (AvgIpc) is 3.85. The van der Waals surface area contributed by atoms with Crippen molar-refractivity contribution in [1.29, 1.82) is 0 Å². The van der Waals surface area contributed by atoms with Gasteiger partial charge in [0.25, 0.3) is 0 Å². The molecule has 16 nitrogen and oxygen atoms in total. The fraction of sp³-hybridized carbons (Fsp3) is 0.220. The van der Waals surface area contributed by atoms with E-state index >= 15 is 8.42 Å². The number of anilines is 1. The number of nitrogen functional groups attached to an aromatic ring is 1. The van der Waals surface area contributed by atoms with Gasteiger partial charge in [-0.2, -0.15) is 9.10 Å². The lowest BCUT2D eigenvalue weighted by atomic mass is 10.00. The first-order chi connectivity index (χ1) is 28.5. The predicted molar refractivity (Wildman–Crippen MR) is 220 cm³/mol. The molecule has 1 aliphatic heterocycles. The normalized spacial score (nSPS) is 13.4. The van der Waals surface area contributed by atoms with Crippen molar-refractivity contribution < 1.29 is 31.0 Å². The molecule has 8 rings (SSSR count). The van der Waals surface area contributed by atoms with Gasteiger partial charge in [0.1, 0.15) is 33.6 Å². The van der Waals surface area contributed by atoms with E-state index in [9.17, 15) is 8.42 Å². The first-order valence-corrected chi connectivity index (χ1v) is 21.5. The number of fused-ring (bicyclic) bond motifs is 1. The summed E-state index contributed by atoms with van der Waals surface area (Å²) < 4.78 is 80.0. The standard InChI is InChI=1S/C41H41N9O7S2/c1-55-30-12-6-27(7-13-30)23-49(24-28-8-14-31(56-2)15-9-28)59(53,54)39-36(58(51,52)33-21-43-22-33)19-18-34(35-5-4-20-48-26-37(42)44-41(35)48)38(39)40-45-47-50(46-40)25-29-10-16-32(57-3)17-11-29/h4-20,26,33,43H,21-25,42H2,1-3H3. The largest absolute Gasteiger partial charge is 0.497 e. The Bertz CT molecular complexity index is 2790. The maximum absolute atomic E-state index is 15.8. The molecule has 0 amide bonds. The molecule has 18 heteroatoms. The summed E-state index contributed by atoms with van der Waals surface area (Å²) in [6.45, 7) is 0.229. The zero-order valence-corrected chi connectivity index (χ0v) is 34.0. The fourth-order valence-electron chi connectivity index (χ4n) is 6.92. The van der Waals surface area contributed by atoms with Gasteiger partial charge in [0.05, 0.1) is 49.8 Å². The number of benzene rings is 4. The molecule has 0 spiro atoms. The summed E-state index contributed by atoms with van der Waals surface area (Å²) in [7, 11) is -4.39. The SMILES string of the molecule is COc1ccc(CN(Cc2ccc(OC)cc2)S(=O)(=O)c2c(S(=O)(=O)C3CNC3)ccc(-c3cccn4cc(N)nc34)c2-c2nnn(Cc3ccc(OC)cc3)n2)cc1. The Kier molecular flexibility index (Phi) is 10.8. The number of rotatable bonds is 15. The molecule has 0 saturated carbocycles. The van der Waals surface area contributed by atoms with Gasteiger partial charge in [0.2, 0.25) is 15.8 Å². The van der Waals surface area contributed by atoms with Crippen molar-refractivity contribution in [3.63, 3.8) is 0 Å². The number of tetrazole rings is 1. The van der Waals surface area contributed by atoms with Gasteiger partial charge in [-0.15, -0.1) is 10.2 Å². The van der Waals surface area contributed by atoms with E-state index in [0.29, 0.717) is 45.1 Å². The highest BCUT2D eigenvalue weighted by Crippen LogP contribution is 2.43. The summed E-state index contributed by atoms with van der Waals surface area (Å²) in [5, 5.41) is 15.6. The Hall–Kier alpha value is -6.34. The van der Waals surface area contributed by atoms with Crippen LogP contribution in [0, 0.1) is 0 Å². The maximum atomic E-state index is 15.8. The van der Waals surface area contributed by atoms with Gasteiger partial charge >= 0.3 is 0 Å². The molecule has 7 aromatic rings. The summed E-state index contributed by atoms with van der Waals surface area (Å²) in [6, 6.07) is 27.8. The van der Waals surface area contributed by atoms with E-state index in [2.05, 4.69) is 20.6 Å². The smallest absolute Gasteiger partial charge is 0.245 e. The second-order valence-corrected chi connectivity index (χ2v) is 18.0. The summed E-state index contributed by atoms with van der Waals surface area (Å²) in [5.41, 5.74) is 9.38. The van der Waals surface area contributed by atoms with Crippen molar-refractivity contribution in [2.75, 3.05) is 40.2 Å². The van der Waals surface area contributed by atoms with Gasteiger partial charge in [0, 0.05) is 37.9 Å². The van der Waals surface area contributed by atoms with E-state index in [1.54, 1.807) is 117 Å². The molecule has 4 heterocycles. The zero-order valence-electron chi connectivity index (χ0n) is 32.4. The van der Waals surface area contributed by atoms with E-state index in [4.69, 9.17) is 25.0 Å². The van der Waals surface area contributed by atoms with Crippen LogP contribution in [0.1, 0.15) is 16.7 Å². The third-order valence-electron chi connectivity index (χ3n) is 10.2. The van der Waals surface area contributed by atoms with E-state index in [-0.39, 0.29) is 54.8 Å². The number of pyridine rings is 1. The number of hydrogen-bond acceptors (Lipinski definition) is 13. The lowest BCUT2D eigenvalue weighted by Crippen LogP contribution is -2.51. The van der Waals surface area contributed by atoms with Gasteiger partial charge in [-0.25, -0.2) is 21.8 Å². The minimum absolute atomic E-state index is 0.0523. The van der Waals surface area contributed by atoms with Crippen LogP contribution in [0.5, 0.6) is 17.2 Å². The first kappa shape index (κ1) is 39.5. The molecular weight excluding hydrogens is 795 g/mol. The first-order valence-electron chi connectivity index (χ1n) is 18.5. The fourth-order valence-corrected chi connectivity index (χ4v) is 10.9. The quantitative estimate of drug-likeness (QED) is 0.147. The Morgan fingerprint density at radius 3 is 1.88 bits per heavy atom. The number of methoxy groups -OCH3 is 3. The molecule has 59 heavy (non-hydrogen) atoms. The number of nitrogens with two attached hydrogens (primary N) is 1. The van der Waals surface area contributed by atoms with Crippen molar-refractivity contribution in [3.8, 4) is 39.8 Å². The van der Waals surface area contributed by atoms with Crippen LogP contribution < -0.4 is 25.3 Å². The van der Waals surface area contributed by atoms with Gasteiger partial charge < -0.3 is 29.7 Å². The molecule has 3 aromatic heterocycles. The molecule has 0 aliphatic carbocycles. The van der Waals surface area contributed by atoms with Crippen molar-refractivity contribution >= 4 is 31.3 Å². The molecule has 1 fully saturated rings. The van der Waals surface area contributed by atoms with Crippen LogP contribution in [0.15, 0.2) is 119 Å². The van der Waals surface area contributed by atoms with E-state index in [0.717, 1.165) is 5.56 Å². The predicted octanol–water partition coefficient (Wildman–Crippen LogP) is 4.45. The van der Waals surface area contributed by atoms with E-state index in [1.807, 2.05) is 12.1 Å². The average molecular weight is 836 g/mol. The van der Waals surface area contributed by atoms with Crippen LogP contribution in [-0.2, 0) is 39.5 Å². The second kappa shape index (κ2) is 16.1. The van der Waals surface area contributed by atoms with Gasteiger partial charge in [-0.1, -0.05) is 42.5 Å². The van der Waals surface area contributed by atoms with E-state index < -0.39 is 30.0 Å². The number of nitrogens with zero attached hydrogens (tertiary/aromatic N) is 7. The number of hydrogen-bond donors (Lipinski definition) is 2. The topological polar surface area (TPSA) is 198 Å². The molecule has 3 N–H and O–H groups in total. The molecule has 0 bridgehead atoms. The molecule has 1 saturated heterocycles. The number of imidazole rings is 1. The maximum Gasteiger partial charge on any atom is 0.245 e. The van der Waals surface area contributed by atoms with Gasteiger partial charge in [-0.05, 0) is 82.1 Å². The number of sulfone groups is 1. The summed E-state index contributed by atoms with van der Waals surface area (Å²) in [4.78, 5) is 5.02. The monoisotopic (exact) mass is 835 g/mol. The zero-order chi connectivity index (χ0) is 41.3. The summed E-state index contributed by atoms with van der Waals surface area (Å²) >= 11 is 0. The Morgan fingerprint density at radius 1 is 0.763 bits per heavy atom. The van der Waals surface area contributed by atoms with Crippen LogP contribution in [-0.4, -0.2) is 90.4 Å². The molecule has 4 aromatic carbocycles. The Morgan fingerprint density at radius 2 is 1.34 bits per heavy atom. The van der Waals surface area contributed by atoms with Gasteiger partial charge in [-0.3, -0.25) is 0 Å². The van der Waals surface area contributed by atoms with Crippen LogP contribution in [0.2, 0.25) is 0 Å². The van der Waals surface area contributed by atoms with Crippen molar-refractivity contribution in [2.24, 2.45) is 0 Å². The van der Waals surface area contributed by atoms with E-state index in [1.165, 1.54) is 15.2 Å². The molecular formula is C41H41N9O7S2. The second-order valence-electron chi connectivity index (χ2n) is 13.9. The third-order valence-corrected chi connectivity index (χ3v) is 14.4. The molecule has 304 valence electrons. The third kappa shape index (κ3) is 7.82. The van der Waals surface area contributed by atoms with Gasteiger partial charge in [0.15, 0.2) is 9.84 Å². The summed E-state index contributed by atoms with van der Waals surface area (Å²) in [6.07, 6.45) is 3.39. The van der Waals surface area contributed by atoms with Crippen LogP contribution in [0.3, 0.4) is 0 Å². The van der Waals surface area contributed by atoms with Crippen LogP contribution in [0.25, 0.3) is 28.2 Å². The van der Waals surface area contributed by atoms with Crippen LogP contribution in [0.4, 0.5) is 5.82 Å². The Balaban J connectivity index is 1.38. The molecule has 1 aliphatic rings. The van der Waals surface area contributed by atoms with Crippen molar-refractivity contribution in [2.45, 2.75) is 34.7 Å². The lowest BCUT2D eigenvalue weighted by molar-refractivity contribution is 0.396. The summed E-state index contributed by atoms with van der Waals surface area (Å²) in [5.74, 6) is 1.98. The molecule has 0 unspecified atom stereocenters. The van der Waals surface area contributed by atoms with Crippen molar-refractivity contribution in [1.82, 2.24) is 39.2 Å². The Labute approximate surface area is 341 Å². The minimum atomic E-state index is -4.79. The lowest BCUT2D eigenvalue weighted by Gasteiger charge is -2.30. The highest BCUT2D eigenvalue weighted by atomic mass is 32.2. The molecule has 0 radical (unpaired) electrons.